The summed E-state index contributed by atoms with van der Waals surface area (Å²) >= 11 is 0. The number of rotatable bonds is 7. The maximum Gasteiger partial charge on any atom is 0.238 e. The average Bonchev–Trinajstić information content (AvgIpc) is 3.90. The van der Waals surface area contributed by atoms with E-state index in [2.05, 4.69) is 173 Å². The Morgan fingerprint density at radius 1 is 0.359 bits per heavy atom. The van der Waals surface area contributed by atoms with Crippen LogP contribution in [-0.2, 0) is 0 Å². The van der Waals surface area contributed by atoms with E-state index in [0.717, 1.165) is 88.2 Å². The van der Waals surface area contributed by atoms with E-state index < -0.39 is 0 Å². The van der Waals surface area contributed by atoms with Gasteiger partial charge in [-0.2, -0.15) is 15.2 Å². The van der Waals surface area contributed by atoms with Gasteiger partial charge < -0.3 is 4.57 Å². The van der Waals surface area contributed by atoms with Gasteiger partial charge in [0.05, 0.1) is 33.7 Å². The zero-order valence-electron chi connectivity index (χ0n) is 34.5. The lowest BCUT2D eigenvalue weighted by molar-refractivity contribution is 0.954. The Hall–Kier alpha value is -8.92. The Balaban J connectivity index is 1.12. The molecule has 0 radical (unpaired) electrons. The van der Waals surface area contributed by atoms with Crippen molar-refractivity contribution in [2.45, 2.75) is 0 Å². The second-order valence-electron chi connectivity index (χ2n) is 15.9. The van der Waals surface area contributed by atoms with E-state index in [0.29, 0.717) is 28.7 Å². The summed E-state index contributed by atoms with van der Waals surface area (Å²) in [6.07, 6.45) is 0. The first kappa shape index (κ1) is 36.9. The molecule has 0 saturated carbocycles. The van der Waals surface area contributed by atoms with Gasteiger partial charge in [-0.25, -0.2) is 4.98 Å². The quantitative estimate of drug-likeness (QED) is 0.161. The molecule has 0 aliphatic heterocycles. The molecule has 0 N–H and O–H groups in total. The van der Waals surface area contributed by atoms with Crippen molar-refractivity contribution in [3.8, 4) is 73.9 Å². The molecule has 12 rings (SSSR count). The largest absolute Gasteiger partial charge is 0.309 e. The van der Waals surface area contributed by atoms with E-state index in [4.69, 9.17) is 15.0 Å². The number of aromatic nitrogens is 5. The van der Waals surface area contributed by atoms with Gasteiger partial charge in [0, 0.05) is 43.9 Å². The molecule has 0 amide bonds. The smallest absolute Gasteiger partial charge is 0.238 e. The monoisotopic (exact) mass is 816 g/mol. The molecule has 0 unspecified atom stereocenters. The summed E-state index contributed by atoms with van der Waals surface area (Å²) in [7, 11) is 0. The normalized spacial score (nSPS) is 11.4. The van der Waals surface area contributed by atoms with Crippen molar-refractivity contribution in [1.29, 1.82) is 5.26 Å². The van der Waals surface area contributed by atoms with Crippen molar-refractivity contribution < 1.29 is 0 Å². The predicted octanol–water partition coefficient (Wildman–Crippen LogP) is 14.3. The third-order valence-corrected chi connectivity index (χ3v) is 12.2. The van der Waals surface area contributed by atoms with Crippen molar-refractivity contribution in [2.75, 3.05) is 0 Å². The molecule has 0 spiro atoms. The van der Waals surface area contributed by atoms with Crippen molar-refractivity contribution in [3.63, 3.8) is 0 Å². The van der Waals surface area contributed by atoms with Crippen LogP contribution < -0.4 is 0 Å². The maximum atomic E-state index is 10.7. The summed E-state index contributed by atoms with van der Waals surface area (Å²) in [6, 6.07) is 78.0. The first-order chi connectivity index (χ1) is 31.7. The number of para-hydroxylation sites is 3. The second kappa shape index (κ2) is 15.2. The Kier molecular flexibility index (Phi) is 8.77. The van der Waals surface area contributed by atoms with E-state index in [9.17, 15) is 5.26 Å². The highest BCUT2D eigenvalue weighted by Crippen LogP contribution is 2.42. The molecule has 0 aliphatic carbocycles. The third kappa shape index (κ3) is 6.14. The van der Waals surface area contributed by atoms with Crippen LogP contribution in [0.2, 0.25) is 0 Å². The highest BCUT2D eigenvalue weighted by Gasteiger charge is 2.22. The van der Waals surface area contributed by atoms with Crippen LogP contribution in [0.4, 0.5) is 0 Å². The molecule has 0 atom stereocenters. The number of nitrogens with zero attached hydrogens (tertiary/aromatic N) is 6. The number of hydrogen-bond acceptors (Lipinski definition) is 4. The summed E-state index contributed by atoms with van der Waals surface area (Å²) in [5.41, 5.74) is 13.7. The maximum absolute atomic E-state index is 10.7. The number of nitriles is 1. The van der Waals surface area contributed by atoms with Crippen LogP contribution in [0.25, 0.3) is 111 Å². The van der Waals surface area contributed by atoms with Crippen LogP contribution in [-0.4, -0.2) is 24.1 Å². The minimum Gasteiger partial charge on any atom is -0.309 e. The van der Waals surface area contributed by atoms with E-state index in [1.807, 2.05) is 60.7 Å². The molecule has 12 aromatic rings. The summed E-state index contributed by atoms with van der Waals surface area (Å²) < 4.78 is 4.50. The lowest BCUT2D eigenvalue weighted by atomic mass is 9.95. The Bertz CT molecular complexity index is 3770. The molecule has 6 heteroatoms. The molecule has 298 valence electrons. The van der Waals surface area contributed by atoms with Gasteiger partial charge in [-0.15, -0.1) is 0 Å². The van der Waals surface area contributed by atoms with Crippen LogP contribution in [0, 0.1) is 11.3 Å². The minimum atomic E-state index is 0.468. The SMILES string of the molecule is N#Cc1cc(-c2nc(-c3ccccc3)nc(-n3c4ccccc4c4cccc(-c5ccccc5)c43)n2)cc(-c2cccc3c2c2cc(-c4ccccc4)ccc2n3-c2ccccc2)c1. The fourth-order valence-electron chi connectivity index (χ4n) is 9.34. The zero-order chi connectivity index (χ0) is 42.6. The van der Waals surface area contributed by atoms with Gasteiger partial charge in [-0.1, -0.05) is 164 Å². The molecule has 0 saturated heterocycles. The van der Waals surface area contributed by atoms with Crippen molar-refractivity contribution in [3.05, 3.63) is 224 Å². The molecular weight excluding hydrogens is 781 g/mol. The van der Waals surface area contributed by atoms with Gasteiger partial charge in [0.1, 0.15) is 0 Å². The summed E-state index contributed by atoms with van der Waals surface area (Å²) in [5, 5.41) is 15.1. The topological polar surface area (TPSA) is 72.3 Å². The van der Waals surface area contributed by atoms with Gasteiger partial charge >= 0.3 is 0 Å². The minimum absolute atomic E-state index is 0.468. The molecule has 6 nitrogen and oxygen atoms in total. The summed E-state index contributed by atoms with van der Waals surface area (Å²) in [4.78, 5) is 15.8. The third-order valence-electron chi connectivity index (χ3n) is 12.2. The lowest BCUT2D eigenvalue weighted by Crippen LogP contribution is -2.07. The molecule has 3 heterocycles. The van der Waals surface area contributed by atoms with Crippen LogP contribution >= 0.6 is 0 Å². The fourth-order valence-corrected chi connectivity index (χ4v) is 9.34. The van der Waals surface area contributed by atoms with E-state index >= 15 is 0 Å². The molecule has 9 aromatic carbocycles. The van der Waals surface area contributed by atoms with E-state index in [1.165, 1.54) is 0 Å². The van der Waals surface area contributed by atoms with Crippen LogP contribution in [0.15, 0.2) is 218 Å². The van der Waals surface area contributed by atoms with Crippen LogP contribution in [0.3, 0.4) is 0 Å². The molecule has 0 fully saturated rings. The highest BCUT2D eigenvalue weighted by atomic mass is 15.2. The Morgan fingerprint density at radius 3 is 1.69 bits per heavy atom. The summed E-state index contributed by atoms with van der Waals surface area (Å²) in [6.45, 7) is 0. The van der Waals surface area contributed by atoms with Crippen molar-refractivity contribution in [1.82, 2.24) is 24.1 Å². The first-order valence-electron chi connectivity index (χ1n) is 21.3. The standard InChI is InChI=1S/C58H36N6/c59-37-38-33-43(46-26-16-30-53-54(46)50-36-42(39-17-5-1-6-18-39)31-32-52(50)63(53)45-23-11-4-12-24-45)35-44(34-38)57-60-56(41-21-9-3-10-22-41)61-58(62-57)64-51-29-14-13-25-48(51)49-28-15-27-47(55(49)64)40-19-7-2-8-20-40/h1-36H. The van der Waals surface area contributed by atoms with E-state index in [-0.39, 0.29) is 0 Å². The van der Waals surface area contributed by atoms with Crippen molar-refractivity contribution >= 4 is 43.6 Å². The van der Waals surface area contributed by atoms with Gasteiger partial charge in [0.2, 0.25) is 5.95 Å². The second-order valence-corrected chi connectivity index (χ2v) is 15.9. The van der Waals surface area contributed by atoms with Gasteiger partial charge in [0.25, 0.3) is 0 Å². The first-order valence-corrected chi connectivity index (χ1v) is 21.3. The van der Waals surface area contributed by atoms with Crippen molar-refractivity contribution in [2.24, 2.45) is 0 Å². The molecular formula is C58H36N6. The number of benzene rings is 9. The van der Waals surface area contributed by atoms with Gasteiger partial charge in [-0.05, 0) is 82.4 Å². The highest BCUT2D eigenvalue weighted by molar-refractivity contribution is 6.17. The number of hydrogen-bond donors (Lipinski definition) is 0. The van der Waals surface area contributed by atoms with Crippen LogP contribution in [0.1, 0.15) is 5.56 Å². The number of fused-ring (bicyclic) bond motifs is 6. The molecule has 0 aliphatic rings. The molecule has 3 aromatic heterocycles. The zero-order valence-corrected chi connectivity index (χ0v) is 34.5. The fraction of sp³-hybridized carbons (Fsp3) is 0. The van der Waals surface area contributed by atoms with Gasteiger partial charge in [-0.3, -0.25) is 4.57 Å². The Morgan fingerprint density at radius 2 is 0.938 bits per heavy atom. The molecule has 0 bridgehead atoms. The Labute approximate surface area is 369 Å². The summed E-state index contributed by atoms with van der Waals surface area (Å²) in [5.74, 6) is 1.49. The van der Waals surface area contributed by atoms with Crippen LogP contribution in [0.5, 0.6) is 0 Å². The lowest BCUT2D eigenvalue weighted by Gasteiger charge is -2.14. The predicted molar refractivity (Wildman–Crippen MR) is 260 cm³/mol. The average molecular weight is 817 g/mol. The van der Waals surface area contributed by atoms with E-state index in [1.54, 1.807) is 0 Å². The molecule has 64 heavy (non-hydrogen) atoms. The van der Waals surface area contributed by atoms with Gasteiger partial charge in [0.15, 0.2) is 11.6 Å².